The molecule has 0 bridgehead atoms. The third-order valence-electron chi connectivity index (χ3n) is 2.28. The van der Waals surface area contributed by atoms with Crippen LogP contribution < -0.4 is 10.1 Å². The van der Waals surface area contributed by atoms with Crippen LogP contribution in [0.1, 0.15) is 6.42 Å². The molecule has 6 heteroatoms. The monoisotopic (exact) mass is 209 g/mol. The van der Waals surface area contributed by atoms with E-state index in [0.717, 1.165) is 13.0 Å². The van der Waals surface area contributed by atoms with Crippen molar-refractivity contribution in [3.05, 3.63) is 28.4 Å². The number of hydrogen-bond donors (Lipinski definition) is 1. The van der Waals surface area contributed by atoms with Gasteiger partial charge in [0.2, 0.25) is 0 Å². The molecule has 0 aromatic carbocycles. The highest BCUT2D eigenvalue weighted by Crippen LogP contribution is 2.14. The van der Waals surface area contributed by atoms with Crippen LogP contribution in [0.4, 0.5) is 5.82 Å². The van der Waals surface area contributed by atoms with E-state index in [1.807, 2.05) is 0 Å². The summed E-state index contributed by atoms with van der Waals surface area (Å²) in [5, 5.41) is 13.5. The minimum absolute atomic E-state index is 0.163. The SMILES string of the molecule is O=[N+]([O-])c1ccc(OC[C@H]2CCN2)cn1. The Morgan fingerprint density at radius 3 is 2.93 bits per heavy atom. The van der Waals surface area contributed by atoms with Gasteiger partial charge in [-0.1, -0.05) is 0 Å². The van der Waals surface area contributed by atoms with Gasteiger partial charge in [-0.3, -0.25) is 0 Å². The molecular weight excluding hydrogens is 198 g/mol. The average Bonchev–Trinajstić information content (AvgIpc) is 2.16. The predicted molar refractivity (Wildman–Crippen MR) is 52.8 cm³/mol. The zero-order valence-corrected chi connectivity index (χ0v) is 8.05. The Bertz CT molecular complexity index is 348. The molecule has 0 amide bonds. The van der Waals surface area contributed by atoms with Crippen LogP contribution in [-0.2, 0) is 0 Å². The van der Waals surface area contributed by atoms with Gasteiger partial charge in [0.05, 0.1) is 0 Å². The Morgan fingerprint density at radius 1 is 1.67 bits per heavy atom. The molecular formula is C9H11N3O3. The number of pyridine rings is 1. The average molecular weight is 209 g/mol. The van der Waals surface area contributed by atoms with Crippen LogP contribution in [0.25, 0.3) is 0 Å². The highest BCUT2D eigenvalue weighted by atomic mass is 16.6. The molecule has 0 radical (unpaired) electrons. The fourth-order valence-corrected chi connectivity index (χ4v) is 1.25. The number of nitro groups is 1. The highest BCUT2D eigenvalue weighted by molar-refractivity contribution is 5.26. The Kier molecular flexibility index (Phi) is 2.77. The van der Waals surface area contributed by atoms with Gasteiger partial charge < -0.3 is 20.2 Å². The lowest BCUT2D eigenvalue weighted by atomic mass is 10.1. The van der Waals surface area contributed by atoms with E-state index in [2.05, 4.69) is 10.3 Å². The van der Waals surface area contributed by atoms with Crippen LogP contribution >= 0.6 is 0 Å². The molecule has 1 N–H and O–H groups in total. The van der Waals surface area contributed by atoms with Crippen molar-refractivity contribution in [1.82, 2.24) is 10.3 Å². The summed E-state index contributed by atoms with van der Waals surface area (Å²) in [6.07, 6.45) is 2.48. The fraction of sp³-hybridized carbons (Fsp3) is 0.444. The molecule has 2 heterocycles. The Labute approximate surface area is 86.4 Å². The smallest absolute Gasteiger partial charge is 0.363 e. The van der Waals surface area contributed by atoms with Crippen LogP contribution in [0.5, 0.6) is 5.75 Å². The maximum absolute atomic E-state index is 10.3. The van der Waals surface area contributed by atoms with Crippen LogP contribution in [0, 0.1) is 10.1 Å². The van der Waals surface area contributed by atoms with E-state index in [1.54, 1.807) is 6.07 Å². The standard InChI is InChI=1S/C9H11N3O3/c13-12(14)9-2-1-8(5-11-9)15-6-7-3-4-10-7/h1-2,5,7,10H,3-4,6H2/t7-/m1/s1. The Morgan fingerprint density at radius 2 is 2.47 bits per heavy atom. The molecule has 0 aliphatic carbocycles. The number of nitrogens with zero attached hydrogens (tertiary/aromatic N) is 2. The van der Waals surface area contributed by atoms with E-state index >= 15 is 0 Å². The summed E-state index contributed by atoms with van der Waals surface area (Å²) in [7, 11) is 0. The van der Waals surface area contributed by atoms with E-state index in [1.165, 1.54) is 12.3 Å². The lowest BCUT2D eigenvalue weighted by molar-refractivity contribution is -0.389. The first-order valence-corrected chi connectivity index (χ1v) is 4.72. The maximum atomic E-state index is 10.3. The molecule has 1 aliphatic rings. The number of nitrogens with one attached hydrogen (secondary N) is 1. The van der Waals surface area contributed by atoms with E-state index in [4.69, 9.17) is 4.74 Å². The zero-order chi connectivity index (χ0) is 10.7. The molecule has 1 aromatic rings. The highest BCUT2D eigenvalue weighted by Gasteiger charge is 2.17. The number of aromatic nitrogens is 1. The number of ether oxygens (including phenoxy) is 1. The summed E-state index contributed by atoms with van der Waals surface area (Å²) in [6.45, 7) is 1.62. The predicted octanol–water partition coefficient (Wildman–Crippen LogP) is 0.730. The van der Waals surface area contributed by atoms with Gasteiger partial charge in [-0.2, -0.15) is 0 Å². The summed E-state index contributed by atoms with van der Waals surface area (Å²) in [6, 6.07) is 3.30. The summed E-state index contributed by atoms with van der Waals surface area (Å²) in [5.41, 5.74) is 0. The summed E-state index contributed by atoms with van der Waals surface area (Å²) >= 11 is 0. The van der Waals surface area contributed by atoms with Crippen molar-refractivity contribution < 1.29 is 9.66 Å². The molecule has 1 fully saturated rings. The lowest BCUT2D eigenvalue weighted by Crippen LogP contribution is -2.46. The Balaban J connectivity index is 1.88. The largest absolute Gasteiger partial charge is 0.488 e. The summed E-state index contributed by atoms with van der Waals surface area (Å²) in [5.74, 6) is 0.401. The van der Waals surface area contributed by atoms with Crippen molar-refractivity contribution in [3.63, 3.8) is 0 Å². The van der Waals surface area contributed by atoms with Crippen LogP contribution in [-0.4, -0.2) is 29.1 Å². The maximum Gasteiger partial charge on any atom is 0.363 e. The normalized spacial score (nSPS) is 19.3. The number of hydrogen-bond acceptors (Lipinski definition) is 5. The van der Waals surface area contributed by atoms with Gasteiger partial charge in [0, 0.05) is 12.1 Å². The van der Waals surface area contributed by atoms with Gasteiger partial charge in [-0.05, 0) is 28.9 Å². The molecule has 1 aromatic heterocycles. The van der Waals surface area contributed by atoms with Crippen molar-refractivity contribution in [3.8, 4) is 5.75 Å². The van der Waals surface area contributed by atoms with Gasteiger partial charge in [-0.15, -0.1) is 0 Å². The van der Waals surface area contributed by atoms with E-state index in [-0.39, 0.29) is 5.82 Å². The van der Waals surface area contributed by atoms with Crippen LogP contribution in [0.3, 0.4) is 0 Å². The lowest BCUT2D eigenvalue weighted by Gasteiger charge is -2.26. The molecule has 6 nitrogen and oxygen atoms in total. The van der Waals surface area contributed by atoms with Crippen molar-refractivity contribution in [2.45, 2.75) is 12.5 Å². The quantitative estimate of drug-likeness (QED) is 0.584. The zero-order valence-electron chi connectivity index (χ0n) is 8.05. The van der Waals surface area contributed by atoms with Crippen molar-refractivity contribution in [2.75, 3.05) is 13.2 Å². The van der Waals surface area contributed by atoms with E-state index in [0.29, 0.717) is 18.4 Å². The minimum atomic E-state index is -0.530. The van der Waals surface area contributed by atoms with Gasteiger partial charge in [0.1, 0.15) is 6.61 Å². The van der Waals surface area contributed by atoms with Crippen LogP contribution in [0.2, 0.25) is 0 Å². The van der Waals surface area contributed by atoms with Gasteiger partial charge in [-0.25, -0.2) is 0 Å². The topological polar surface area (TPSA) is 77.3 Å². The molecule has 80 valence electrons. The molecule has 2 rings (SSSR count). The second-order valence-electron chi connectivity index (χ2n) is 3.36. The van der Waals surface area contributed by atoms with Crippen molar-refractivity contribution >= 4 is 5.82 Å². The number of rotatable bonds is 4. The first-order valence-electron chi connectivity index (χ1n) is 4.72. The van der Waals surface area contributed by atoms with Gasteiger partial charge in [0.25, 0.3) is 0 Å². The second kappa shape index (κ2) is 4.22. The van der Waals surface area contributed by atoms with Crippen LogP contribution in [0.15, 0.2) is 18.3 Å². The molecule has 0 saturated carbocycles. The molecule has 1 saturated heterocycles. The van der Waals surface area contributed by atoms with Crippen molar-refractivity contribution in [2.24, 2.45) is 0 Å². The molecule has 0 spiro atoms. The van der Waals surface area contributed by atoms with E-state index < -0.39 is 4.92 Å². The molecule has 0 unspecified atom stereocenters. The minimum Gasteiger partial charge on any atom is -0.488 e. The van der Waals surface area contributed by atoms with E-state index in [9.17, 15) is 10.1 Å². The molecule has 1 aliphatic heterocycles. The molecule has 1 atom stereocenters. The first kappa shape index (κ1) is 9.85. The van der Waals surface area contributed by atoms with Gasteiger partial charge in [0.15, 0.2) is 11.9 Å². The third-order valence-corrected chi connectivity index (χ3v) is 2.28. The second-order valence-corrected chi connectivity index (χ2v) is 3.36. The summed E-state index contributed by atoms with van der Waals surface area (Å²) < 4.78 is 5.40. The van der Waals surface area contributed by atoms with Crippen molar-refractivity contribution in [1.29, 1.82) is 0 Å². The molecule has 15 heavy (non-hydrogen) atoms. The van der Waals surface area contributed by atoms with Gasteiger partial charge >= 0.3 is 5.82 Å². The first-order chi connectivity index (χ1) is 7.25. The fourth-order valence-electron chi connectivity index (χ4n) is 1.25. The summed E-state index contributed by atoms with van der Waals surface area (Å²) in [4.78, 5) is 13.5. The third kappa shape index (κ3) is 2.41. The Hall–Kier alpha value is -1.69.